The van der Waals surface area contributed by atoms with Crippen molar-refractivity contribution in [1.82, 2.24) is 0 Å². The lowest BCUT2D eigenvalue weighted by Crippen LogP contribution is -2.05. The van der Waals surface area contributed by atoms with E-state index in [0.29, 0.717) is 30.1 Å². The SMILES string of the molecule is CCCc1c(OCCCc2cc(O)c(C(C)=O)cc2CC)cccc1Oc1ccccc1C(=O)O. The maximum atomic E-state index is 11.7. The molecule has 2 N–H and O–H groups in total. The molecule has 0 amide bonds. The van der Waals surface area contributed by atoms with E-state index in [4.69, 9.17) is 9.47 Å². The van der Waals surface area contributed by atoms with Crippen molar-refractivity contribution >= 4 is 11.8 Å². The van der Waals surface area contributed by atoms with Gasteiger partial charge >= 0.3 is 5.97 Å². The van der Waals surface area contributed by atoms with E-state index in [1.54, 1.807) is 30.3 Å². The third-order valence-electron chi connectivity index (χ3n) is 5.85. The van der Waals surface area contributed by atoms with Gasteiger partial charge in [-0.2, -0.15) is 0 Å². The van der Waals surface area contributed by atoms with Crippen LogP contribution < -0.4 is 9.47 Å². The van der Waals surface area contributed by atoms with Crippen molar-refractivity contribution < 1.29 is 29.3 Å². The fourth-order valence-corrected chi connectivity index (χ4v) is 4.09. The number of ketones is 1. The van der Waals surface area contributed by atoms with E-state index in [2.05, 4.69) is 6.92 Å². The number of hydrogen-bond acceptors (Lipinski definition) is 5. The van der Waals surface area contributed by atoms with E-state index in [1.165, 1.54) is 13.0 Å². The monoisotopic (exact) mass is 476 g/mol. The first-order valence-corrected chi connectivity index (χ1v) is 12.0. The summed E-state index contributed by atoms with van der Waals surface area (Å²) in [4.78, 5) is 23.3. The van der Waals surface area contributed by atoms with Crippen LogP contribution in [-0.2, 0) is 19.3 Å². The first-order valence-electron chi connectivity index (χ1n) is 12.0. The highest BCUT2D eigenvalue weighted by Crippen LogP contribution is 2.35. The highest BCUT2D eigenvalue weighted by molar-refractivity contribution is 5.97. The second-order valence-corrected chi connectivity index (χ2v) is 8.39. The molecule has 0 bridgehead atoms. The summed E-state index contributed by atoms with van der Waals surface area (Å²) >= 11 is 0. The van der Waals surface area contributed by atoms with E-state index in [-0.39, 0.29) is 22.8 Å². The number of para-hydroxylation sites is 1. The molecule has 0 saturated carbocycles. The number of aromatic hydroxyl groups is 1. The second-order valence-electron chi connectivity index (χ2n) is 8.39. The van der Waals surface area contributed by atoms with Crippen LogP contribution >= 0.6 is 0 Å². The number of hydrogen-bond donors (Lipinski definition) is 2. The van der Waals surface area contributed by atoms with Crippen molar-refractivity contribution in [3.8, 4) is 23.0 Å². The van der Waals surface area contributed by atoms with Crippen LogP contribution in [0.1, 0.15) is 71.0 Å². The number of aromatic carboxylic acids is 1. The van der Waals surface area contributed by atoms with Gasteiger partial charge < -0.3 is 19.7 Å². The predicted molar refractivity (Wildman–Crippen MR) is 135 cm³/mol. The van der Waals surface area contributed by atoms with Crippen LogP contribution in [-0.4, -0.2) is 28.6 Å². The third-order valence-corrected chi connectivity index (χ3v) is 5.85. The summed E-state index contributed by atoms with van der Waals surface area (Å²) < 4.78 is 12.1. The fourth-order valence-electron chi connectivity index (χ4n) is 4.09. The molecule has 0 atom stereocenters. The molecule has 35 heavy (non-hydrogen) atoms. The zero-order chi connectivity index (χ0) is 25.4. The molecule has 0 fully saturated rings. The Labute approximate surface area is 206 Å². The molecule has 0 unspecified atom stereocenters. The maximum absolute atomic E-state index is 11.7. The summed E-state index contributed by atoms with van der Waals surface area (Å²) in [6, 6.07) is 15.6. The van der Waals surface area contributed by atoms with Crippen LogP contribution in [0.5, 0.6) is 23.0 Å². The van der Waals surface area contributed by atoms with Gasteiger partial charge in [-0.15, -0.1) is 0 Å². The van der Waals surface area contributed by atoms with Gasteiger partial charge in [0.25, 0.3) is 0 Å². The quantitative estimate of drug-likeness (QED) is 0.226. The largest absolute Gasteiger partial charge is 0.507 e. The first-order chi connectivity index (χ1) is 16.8. The van der Waals surface area contributed by atoms with Crippen LogP contribution in [0, 0.1) is 0 Å². The number of carbonyl (C=O) groups is 2. The van der Waals surface area contributed by atoms with Crippen molar-refractivity contribution in [3.05, 3.63) is 82.4 Å². The minimum absolute atomic E-state index is 0.0161. The van der Waals surface area contributed by atoms with Crippen LogP contribution in [0.3, 0.4) is 0 Å². The first kappa shape index (κ1) is 25.8. The third kappa shape index (κ3) is 6.41. The fraction of sp³-hybridized carbons (Fsp3) is 0.310. The van der Waals surface area contributed by atoms with Crippen molar-refractivity contribution in [1.29, 1.82) is 0 Å². The van der Waals surface area contributed by atoms with Crippen molar-refractivity contribution in [2.45, 2.75) is 52.9 Å². The van der Waals surface area contributed by atoms with Crippen molar-refractivity contribution in [2.24, 2.45) is 0 Å². The van der Waals surface area contributed by atoms with Crippen LogP contribution in [0.25, 0.3) is 0 Å². The smallest absolute Gasteiger partial charge is 0.339 e. The Hall–Kier alpha value is -3.80. The molecule has 3 aromatic rings. The molecular weight excluding hydrogens is 444 g/mol. The van der Waals surface area contributed by atoms with Crippen molar-refractivity contribution in [2.75, 3.05) is 6.61 Å². The van der Waals surface area contributed by atoms with E-state index in [1.807, 2.05) is 25.1 Å². The van der Waals surface area contributed by atoms with Gasteiger partial charge in [0.05, 0.1) is 12.2 Å². The number of phenols is 1. The Bertz CT molecular complexity index is 1200. The average Bonchev–Trinajstić information content (AvgIpc) is 2.83. The summed E-state index contributed by atoms with van der Waals surface area (Å²) in [6.07, 6.45) is 3.80. The molecule has 0 aliphatic rings. The second kappa shape index (κ2) is 12.1. The number of aryl methyl sites for hydroxylation is 2. The van der Waals surface area contributed by atoms with Crippen LogP contribution in [0.2, 0.25) is 0 Å². The molecule has 6 nitrogen and oxygen atoms in total. The number of carboxylic acids is 1. The molecule has 0 radical (unpaired) electrons. The number of Topliss-reactive ketones (excluding diaryl/α,β-unsaturated/α-hetero) is 1. The zero-order valence-electron chi connectivity index (χ0n) is 20.5. The number of phenolic OH excluding ortho intramolecular Hbond substituents is 1. The number of rotatable bonds is 12. The van der Waals surface area contributed by atoms with E-state index >= 15 is 0 Å². The minimum atomic E-state index is -1.04. The molecule has 0 heterocycles. The maximum Gasteiger partial charge on any atom is 0.339 e. The van der Waals surface area contributed by atoms with Gasteiger partial charge in [0.2, 0.25) is 0 Å². The number of carboxylic acid groups (broad SMARTS) is 1. The van der Waals surface area contributed by atoms with Crippen molar-refractivity contribution in [3.63, 3.8) is 0 Å². The zero-order valence-corrected chi connectivity index (χ0v) is 20.5. The Morgan fingerprint density at radius 1 is 0.857 bits per heavy atom. The van der Waals surface area contributed by atoms with Gasteiger partial charge in [0.15, 0.2) is 5.78 Å². The molecule has 6 heteroatoms. The molecule has 3 aromatic carbocycles. The Morgan fingerprint density at radius 2 is 1.57 bits per heavy atom. The van der Waals surface area contributed by atoms with Gasteiger partial charge in [-0.3, -0.25) is 4.79 Å². The van der Waals surface area contributed by atoms with Crippen LogP contribution in [0.4, 0.5) is 0 Å². The molecule has 184 valence electrons. The van der Waals surface area contributed by atoms with Gasteiger partial charge in [0.1, 0.15) is 28.6 Å². The summed E-state index contributed by atoms with van der Waals surface area (Å²) in [5, 5.41) is 19.7. The molecule has 0 aromatic heterocycles. The highest BCUT2D eigenvalue weighted by atomic mass is 16.5. The van der Waals surface area contributed by atoms with E-state index in [9.17, 15) is 19.8 Å². The summed E-state index contributed by atoms with van der Waals surface area (Å²) in [6.45, 7) is 6.01. The normalized spacial score (nSPS) is 10.7. The van der Waals surface area contributed by atoms with E-state index in [0.717, 1.165) is 42.4 Å². The Balaban J connectivity index is 1.73. The molecule has 0 aliphatic heterocycles. The summed E-state index contributed by atoms with van der Waals surface area (Å²) in [7, 11) is 0. The summed E-state index contributed by atoms with van der Waals surface area (Å²) in [5.74, 6) is 0.402. The Kier molecular flexibility index (Phi) is 8.90. The summed E-state index contributed by atoms with van der Waals surface area (Å²) in [5.41, 5.74) is 3.41. The standard InChI is InChI=1S/C29H32O6/c1-4-10-22-26(14-8-15-27(22)35-28-13-7-6-12-23(28)29(32)33)34-16-9-11-21-18-25(31)24(19(3)30)17-20(21)5-2/h6-8,12-15,17-18,31H,4-5,9-11,16H2,1-3H3,(H,32,33). The van der Waals surface area contributed by atoms with Crippen LogP contribution in [0.15, 0.2) is 54.6 Å². The number of ether oxygens (including phenoxy) is 2. The van der Waals surface area contributed by atoms with Gasteiger partial charge in [-0.25, -0.2) is 4.79 Å². The topological polar surface area (TPSA) is 93.1 Å². The average molecular weight is 477 g/mol. The highest BCUT2D eigenvalue weighted by Gasteiger charge is 2.16. The van der Waals surface area contributed by atoms with Gasteiger partial charge in [-0.05, 0) is 80.1 Å². The molecule has 3 rings (SSSR count). The van der Waals surface area contributed by atoms with Gasteiger partial charge in [0, 0.05) is 5.56 Å². The number of benzene rings is 3. The van der Waals surface area contributed by atoms with Gasteiger partial charge in [-0.1, -0.05) is 38.5 Å². The molecule has 0 aliphatic carbocycles. The number of carbonyl (C=O) groups excluding carboxylic acids is 1. The van der Waals surface area contributed by atoms with E-state index < -0.39 is 5.97 Å². The lowest BCUT2D eigenvalue weighted by atomic mass is 9.96. The molecule has 0 spiro atoms. The minimum Gasteiger partial charge on any atom is -0.507 e. The molecule has 0 saturated heterocycles. The molecular formula is C29H32O6. The predicted octanol–water partition coefficient (Wildman–Crippen LogP) is 6.61. The lowest BCUT2D eigenvalue weighted by Gasteiger charge is -2.17. The Morgan fingerprint density at radius 3 is 2.26 bits per heavy atom. The lowest BCUT2D eigenvalue weighted by molar-refractivity contribution is 0.0694.